The molecule has 0 amide bonds. The molecule has 0 aliphatic rings. The molecule has 0 aliphatic heterocycles. The molecule has 1 heterocycles. The number of carbonyl (C=O) groups is 2. The maximum absolute atomic E-state index is 11.1. The van der Waals surface area contributed by atoms with Crippen LogP contribution in [-0.2, 0) is 13.0 Å². The van der Waals surface area contributed by atoms with Crippen LogP contribution in [0.2, 0.25) is 0 Å². The number of nitrogens with zero attached hydrogens (tertiary/aromatic N) is 1. The monoisotopic (exact) mass is 273 g/mol. The Morgan fingerprint density at radius 3 is 2.50 bits per heavy atom. The lowest BCUT2D eigenvalue weighted by atomic mass is 10.1. The summed E-state index contributed by atoms with van der Waals surface area (Å²) in [5.74, 6) is -1.92. The molecule has 2 N–H and O–H groups in total. The maximum Gasteiger partial charge on any atom is 0.337 e. The summed E-state index contributed by atoms with van der Waals surface area (Å²) in [7, 11) is 0. The topological polar surface area (TPSA) is 79.5 Å². The largest absolute Gasteiger partial charge is 0.478 e. The van der Waals surface area contributed by atoms with Gasteiger partial charge in [0, 0.05) is 18.4 Å². The Morgan fingerprint density at radius 2 is 1.90 bits per heavy atom. The SMILES string of the molecule is CCc1c(C(=O)O)ccn1Cc1cccc(C(=O)O)c1. The first kappa shape index (κ1) is 13.9. The molecule has 5 heteroatoms. The van der Waals surface area contributed by atoms with Gasteiger partial charge in [0.25, 0.3) is 0 Å². The summed E-state index contributed by atoms with van der Waals surface area (Å²) in [5, 5.41) is 18.1. The van der Waals surface area contributed by atoms with Crippen LogP contribution < -0.4 is 0 Å². The normalized spacial score (nSPS) is 10.4. The first-order valence-electron chi connectivity index (χ1n) is 6.26. The van der Waals surface area contributed by atoms with Gasteiger partial charge in [-0.2, -0.15) is 0 Å². The highest BCUT2D eigenvalue weighted by atomic mass is 16.4. The van der Waals surface area contributed by atoms with Crippen molar-refractivity contribution in [3.8, 4) is 0 Å². The minimum absolute atomic E-state index is 0.228. The zero-order valence-electron chi connectivity index (χ0n) is 11.0. The smallest absolute Gasteiger partial charge is 0.337 e. The lowest BCUT2D eigenvalue weighted by Crippen LogP contribution is -2.07. The lowest BCUT2D eigenvalue weighted by Gasteiger charge is -2.09. The molecule has 2 aromatic rings. The number of benzene rings is 1. The molecular formula is C15H15NO4. The quantitative estimate of drug-likeness (QED) is 0.877. The van der Waals surface area contributed by atoms with Crippen LogP contribution in [0.5, 0.6) is 0 Å². The highest BCUT2D eigenvalue weighted by Gasteiger charge is 2.13. The Kier molecular flexibility index (Phi) is 3.89. The molecule has 0 fully saturated rings. The molecular weight excluding hydrogens is 258 g/mol. The number of rotatable bonds is 5. The van der Waals surface area contributed by atoms with Crippen molar-refractivity contribution in [1.29, 1.82) is 0 Å². The predicted molar refractivity (Wildman–Crippen MR) is 73.3 cm³/mol. The second-order valence-electron chi connectivity index (χ2n) is 4.47. The Morgan fingerprint density at radius 1 is 1.15 bits per heavy atom. The van der Waals surface area contributed by atoms with E-state index in [2.05, 4.69) is 0 Å². The Bertz CT molecular complexity index is 658. The number of hydrogen-bond donors (Lipinski definition) is 2. The summed E-state index contributed by atoms with van der Waals surface area (Å²) < 4.78 is 1.84. The van der Waals surface area contributed by atoms with E-state index in [1.54, 1.807) is 24.4 Å². The van der Waals surface area contributed by atoms with E-state index < -0.39 is 11.9 Å². The summed E-state index contributed by atoms with van der Waals surface area (Å²) in [6.07, 6.45) is 2.32. The summed E-state index contributed by atoms with van der Waals surface area (Å²) in [5.41, 5.74) is 2.08. The molecule has 1 aromatic carbocycles. The van der Waals surface area contributed by atoms with E-state index in [9.17, 15) is 9.59 Å². The molecule has 0 radical (unpaired) electrons. The molecule has 0 atom stereocenters. The van der Waals surface area contributed by atoms with E-state index in [0.717, 1.165) is 11.3 Å². The van der Waals surface area contributed by atoms with Gasteiger partial charge in [0.1, 0.15) is 0 Å². The third-order valence-electron chi connectivity index (χ3n) is 3.17. The lowest BCUT2D eigenvalue weighted by molar-refractivity contribution is 0.0685. The second-order valence-corrected chi connectivity index (χ2v) is 4.47. The van der Waals surface area contributed by atoms with E-state index in [1.165, 1.54) is 6.07 Å². The van der Waals surface area contributed by atoms with Crippen molar-refractivity contribution in [2.24, 2.45) is 0 Å². The molecule has 1 aromatic heterocycles. The molecule has 5 nitrogen and oxygen atoms in total. The van der Waals surface area contributed by atoms with Crippen LogP contribution in [0.3, 0.4) is 0 Å². The minimum atomic E-state index is -0.971. The first-order chi connectivity index (χ1) is 9.52. The molecule has 0 unspecified atom stereocenters. The average Bonchev–Trinajstić information content (AvgIpc) is 2.82. The third kappa shape index (κ3) is 2.71. The fraction of sp³-hybridized carbons (Fsp3) is 0.200. The van der Waals surface area contributed by atoms with Gasteiger partial charge in [0.05, 0.1) is 11.1 Å². The Hall–Kier alpha value is -2.56. The standard InChI is InChI=1S/C15H15NO4/c1-2-13-12(15(19)20)6-7-16(13)9-10-4-3-5-11(8-10)14(17)18/h3-8H,2,9H2,1H3,(H,17,18)(H,19,20). The highest BCUT2D eigenvalue weighted by Crippen LogP contribution is 2.15. The molecule has 0 bridgehead atoms. The molecule has 104 valence electrons. The van der Waals surface area contributed by atoms with E-state index in [0.29, 0.717) is 18.5 Å². The number of carboxylic acids is 2. The van der Waals surface area contributed by atoms with Gasteiger partial charge >= 0.3 is 11.9 Å². The highest BCUT2D eigenvalue weighted by molar-refractivity contribution is 5.89. The molecule has 0 spiro atoms. The van der Waals surface area contributed by atoms with Crippen LogP contribution in [-0.4, -0.2) is 26.7 Å². The summed E-state index contributed by atoms with van der Waals surface area (Å²) in [4.78, 5) is 22.0. The van der Waals surface area contributed by atoms with Crippen LogP contribution in [0, 0.1) is 0 Å². The average molecular weight is 273 g/mol. The predicted octanol–water partition coefficient (Wildman–Crippen LogP) is 2.50. The van der Waals surface area contributed by atoms with Crippen molar-refractivity contribution in [2.75, 3.05) is 0 Å². The maximum atomic E-state index is 11.1. The molecule has 0 aliphatic carbocycles. The summed E-state index contributed by atoms with van der Waals surface area (Å²) in [6, 6.07) is 8.22. The van der Waals surface area contributed by atoms with E-state index >= 15 is 0 Å². The number of aromatic nitrogens is 1. The minimum Gasteiger partial charge on any atom is -0.478 e. The van der Waals surface area contributed by atoms with E-state index in [-0.39, 0.29) is 5.56 Å². The van der Waals surface area contributed by atoms with Crippen LogP contribution in [0.4, 0.5) is 0 Å². The van der Waals surface area contributed by atoms with Crippen molar-refractivity contribution < 1.29 is 19.8 Å². The van der Waals surface area contributed by atoms with Crippen molar-refractivity contribution in [3.05, 3.63) is 58.9 Å². The van der Waals surface area contributed by atoms with Gasteiger partial charge in [-0.1, -0.05) is 19.1 Å². The molecule has 0 saturated heterocycles. The number of hydrogen-bond acceptors (Lipinski definition) is 2. The van der Waals surface area contributed by atoms with Gasteiger partial charge in [-0.3, -0.25) is 0 Å². The Labute approximate surface area is 116 Å². The van der Waals surface area contributed by atoms with E-state index in [4.69, 9.17) is 10.2 Å². The fourth-order valence-corrected chi connectivity index (χ4v) is 2.24. The first-order valence-corrected chi connectivity index (χ1v) is 6.26. The van der Waals surface area contributed by atoms with Crippen LogP contribution in [0.1, 0.15) is 38.9 Å². The molecule has 20 heavy (non-hydrogen) atoms. The fourth-order valence-electron chi connectivity index (χ4n) is 2.24. The second kappa shape index (κ2) is 5.61. The van der Waals surface area contributed by atoms with Crippen molar-refractivity contribution in [3.63, 3.8) is 0 Å². The van der Waals surface area contributed by atoms with Crippen LogP contribution in [0.15, 0.2) is 36.5 Å². The number of aromatic carboxylic acids is 2. The number of carboxylic acid groups (broad SMARTS) is 2. The van der Waals surface area contributed by atoms with Crippen molar-refractivity contribution >= 4 is 11.9 Å². The van der Waals surface area contributed by atoms with Gasteiger partial charge in [0.2, 0.25) is 0 Å². The van der Waals surface area contributed by atoms with Gasteiger partial charge in [-0.05, 0) is 30.2 Å². The van der Waals surface area contributed by atoms with Crippen molar-refractivity contribution in [1.82, 2.24) is 4.57 Å². The zero-order valence-corrected chi connectivity index (χ0v) is 11.0. The third-order valence-corrected chi connectivity index (χ3v) is 3.17. The van der Waals surface area contributed by atoms with Gasteiger partial charge in [-0.15, -0.1) is 0 Å². The van der Waals surface area contributed by atoms with Crippen molar-refractivity contribution in [2.45, 2.75) is 19.9 Å². The van der Waals surface area contributed by atoms with Crippen LogP contribution in [0.25, 0.3) is 0 Å². The summed E-state index contributed by atoms with van der Waals surface area (Å²) >= 11 is 0. The Balaban J connectivity index is 2.33. The van der Waals surface area contributed by atoms with Crippen LogP contribution >= 0.6 is 0 Å². The van der Waals surface area contributed by atoms with Gasteiger partial charge in [0.15, 0.2) is 0 Å². The van der Waals surface area contributed by atoms with E-state index in [1.807, 2.05) is 17.6 Å². The zero-order chi connectivity index (χ0) is 14.7. The molecule has 0 saturated carbocycles. The summed E-state index contributed by atoms with van der Waals surface area (Å²) in [6.45, 7) is 2.35. The molecule has 2 rings (SSSR count). The van der Waals surface area contributed by atoms with Gasteiger partial charge in [-0.25, -0.2) is 9.59 Å². The van der Waals surface area contributed by atoms with Gasteiger partial charge < -0.3 is 14.8 Å².